The van der Waals surface area contributed by atoms with Crippen molar-refractivity contribution in [3.63, 3.8) is 0 Å². The summed E-state index contributed by atoms with van der Waals surface area (Å²) in [6.07, 6.45) is 12.3. The summed E-state index contributed by atoms with van der Waals surface area (Å²) >= 11 is 4.26. The van der Waals surface area contributed by atoms with Gasteiger partial charge in [-0.05, 0) is 98.0 Å². The fraction of sp³-hybridized carbons (Fsp3) is 0.500. The summed E-state index contributed by atoms with van der Waals surface area (Å²) in [5, 5.41) is 1.04. The Hall–Kier alpha value is -1.19. The maximum absolute atomic E-state index is 4.91. The molecule has 5 rings (SSSR count). The van der Waals surface area contributed by atoms with Crippen LogP contribution in [0.5, 0.6) is 0 Å². The SMILES string of the molecule is CN1CCCCC1CCn1c(Sc2cc3c(cc2I)CCC3)nc2cncnc21. The molecule has 1 saturated heterocycles. The standard InChI is InChI=1S/C22H26IN5S/c1-27-9-3-2-7-17(27)8-10-28-21-19(13-24-14-25-21)26-22(28)29-20-12-16-6-4-5-15(16)11-18(20)23/h11-14,17H,2-10H2,1H3. The molecule has 2 aliphatic rings. The molecule has 3 aromatic rings. The lowest BCUT2D eigenvalue weighted by Crippen LogP contribution is -2.36. The highest BCUT2D eigenvalue weighted by Crippen LogP contribution is 2.36. The first-order valence-corrected chi connectivity index (χ1v) is 12.4. The van der Waals surface area contributed by atoms with Crippen molar-refractivity contribution in [3.8, 4) is 0 Å². The maximum atomic E-state index is 4.91. The zero-order valence-corrected chi connectivity index (χ0v) is 19.7. The Balaban J connectivity index is 1.45. The molecule has 1 aromatic carbocycles. The number of aromatic nitrogens is 4. The molecule has 0 saturated carbocycles. The summed E-state index contributed by atoms with van der Waals surface area (Å²) in [4.78, 5) is 17.5. The Labute approximate surface area is 189 Å². The van der Waals surface area contributed by atoms with Crippen LogP contribution in [0.3, 0.4) is 0 Å². The van der Waals surface area contributed by atoms with Gasteiger partial charge >= 0.3 is 0 Å². The summed E-state index contributed by atoms with van der Waals surface area (Å²) in [7, 11) is 2.26. The van der Waals surface area contributed by atoms with Crippen molar-refractivity contribution in [1.82, 2.24) is 24.4 Å². The van der Waals surface area contributed by atoms with Gasteiger partial charge in [-0.25, -0.2) is 15.0 Å². The summed E-state index contributed by atoms with van der Waals surface area (Å²) in [5.74, 6) is 0. The van der Waals surface area contributed by atoms with Crippen LogP contribution in [0.15, 0.2) is 34.7 Å². The third-order valence-electron chi connectivity index (χ3n) is 6.33. The number of aryl methyl sites for hydroxylation is 3. The molecule has 0 spiro atoms. The van der Waals surface area contributed by atoms with Crippen LogP contribution in [0.2, 0.25) is 0 Å². The molecule has 0 N–H and O–H groups in total. The third kappa shape index (κ3) is 4.05. The summed E-state index contributed by atoms with van der Waals surface area (Å²) < 4.78 is 3.64. The van der Waals surface area contributed by atoms with Gasteiger partial charge in [0.05, 0.1) is 6.20 Å². The molecule has 3 heterocycles. The lowest BCUT2D eigenvalue weighted by Gasteiger charge is -2.32. The van der Waals surface area contributed by atoms with Crippen molar-refractivity contribution in [2.45, 2.75) is 67.6 Å². The smallest absolute Gasteiger partial charge is 0.175 e. The van der Waals surface area contributed by atoms with E-state index < -0.39 is 0 Å². The highest BCUT2D eigenvalue weighted by molar-refractivity contribution is 14.1. The van der Waals surface area contributed by atoms with E-state index in [2.05, 4.69) is 61.2 Å². The van der Waals surface area contributed by atoms with Crippen LogP contribution < -0.4 is 0 Å². The van der Waals surface area contributed by atoms with Gasteiger partial charge in [0.1, 0.15) is 11.8 Å². The van der Waals surface area contributed by atoms with Crippen LogP contribution in [0, 0.1) is 3.57 Å². The lowest BCUT2D eigenvalue weighted by atomic mass is 10.0. The normalized spacial score (nSPS) is 19.7. The Morgan fingerprint density at radius 2 is 2.03 bits per heavy atom. The van der Waals surface area contributed by atoms with E-state index in [0.29, 0.717) is 6.04 Å². The van der Waals surface area contributed by atoms with Crippen molar-refractivity contribution >= 4 is 45.5 Å². The van der Waals surface area contributed by atoms with E-state index in [9.17, 15) is 0 Å². The Morgan fingerprint density at radius 3 is 2.90 bits per heavy atom. The number of halogens is 1. The second-order valence-electron chi connectivity index (χ2n) is 8.20. The number of imidazole rings is 1. The molecule has 1 aliphatic carbocycles. The first-order chi connectivity index (χ1) is 14.2. The number of nitrogens with zero attached hydrogens (tertiary/aromatic N) is 5. The van der Waals surface area contributed by atoms with Gasteiger partial charge in [0.2, 0.25) is 0 Å². The molecule has 0 amide bonds. The molecule has 0 bridgehead atoms. The van der Waals surface area contributed by atoms with Gasteiger partial charge in [0.15, 0.2) is 10.8 Å². The van der Waals surface area contributed by atoms with E-state index in [0.717, 1.165) is 29.3 Å². The number of fused-ring (bicyclic) bond motifs is 2. The molecule has 5 nitrogen and oxygen atoms in total. The highest BCUT2D eigenvalue weighted by atomic mass is 127. The highest BCUT2D eigenvalue weighted by Gasteiger charge is 2.22. The fourth-order valence-electron chi connectivity index (χ4n) is 4.67. The molecule has 29 heavy (non-hydrogen) atoms. The monoisotopic (exact) mass is 519 g/mol. The van der Waals surface area contributed by atoms with E-state index in [1.165, 1.54) is 64.7 Å². The van der Waals surface area contributed by atoms with Crippen LogP contribution in [0.25, 0.3) is 11.2 Å². The minimum Gasteiger partial charge on any atom is -0.303 e. The largest absolute Gasteiger partial charge is 0.303 e. The maximum Gasteiger partial charge on any atom is 0.175 e. The molecule has 2 aromatic heterocycles. The van der Waals surface area contributed by atoms with Crippen molar-refractivity contribution in [2.75, 3.05) is 13.6 Å². The summed E-state index contributed by atoms with van der Waals surface area (Å²) in [6.45, 7) is 2.17. The van der Waals surface area contributed by atoms with Crippen LogP contribution in [-0.4, -0.2) is 44.1 Å². The van der Waals surface area contributed by atoms with Crippen LogP contribution >= 0.6 is 34.4 Å². The minimum atomic E-state index is 0.654. The first-order valence-electron chi connectivity index (χ1n) is 10.5. The molecule has 1 atom stereocenters. The number of hydrogen-bond acceptors (Lipinski definition) is 5. The van der Waals surface area contributed by atoms with Gasteiger partial charge in [-0.15, -0.1) is 0 Å². The predicted molar refractivity (Wildman–Crippen MR) is 126 cm³/mol. The van der Waals surface area contributed by atoms with Crippen molar-refractivity contribution < 1.29 is 0 Å². The quantitative estimate of drug-likeness (QED) is 0.447. The minimum absolute atomic E-state index is 0.654. The van der Waals surface area contributed by atoms with Crippen LogP contribution in [-0.2, 0) is 19.4 Å². The summed E-state index contributed by atoms with van der Waals surface area (Å²) in [5.41, 5.74) is 4.89. The molecule has 1 unspecified atom stereocenters. The van der Waals surface area contributed by atoms with Gasteiger partial charge in [-0.2, -0.15) is 0 Å². The van der Waals surface area contributed by atoms with Gasteiger partial charge in [0, 0.05) is 21.1 Å². The summed E-state index contributed by atoms with van der Waals surface area (Å²) in [6, 6.07) is 5.41. The number of piperidine rings is 1. The zero-order valence-electron chi connectivity index (χ0n) is 16.8. The second kappa shape index (κ2) is 8.51. The van der Waals surface area contributed by atoms with Crippen molar-refractivity contribution in [2.24, 2.45) is 0 Å². The molecular formula is C22H26IN5S. The van der Waals surface area contributed by atoms with E-state index >= 15 is 0 Å². The fourth-order valence-corrected chi connectivity index (χ4v) is 6.52. The van der Waals surface area contributed by atoms with Gasteiger partial charge in [-0.1, -0.05) is 18.2 Å². The molecule has 7 heteroatoms. The Kier molecular flexibility index (Phi) is 5.80. The van der Waals surface area contributed by atoms with Gasteiger partial charge < -0.3 is 9.47 Å². The number of benzene rings is 1. The molecule has 0 radical (unpaired) electrons. The van der Waals surface area contributed by atoms with Crippen molar-refractivity contribution in [3.05, 3.63) is 39.4 Å². The first kappa shape index (κ1) is 19.8. The van der Waals surface area contributed by atoms with Crippen molar-refractivity contribution in [1.29, 1.82) is 0 Å². The molecule has 1 fully saturated rings. The second-order valence-corrected chi connectivity index (χ2v) is 10.4. The number of rotatable bonds is 5. The molecule has 1 aliphatic heterocycles. The number of hydrogen-bond donors (Lipinski definition) is 0. The van der Waals surface area contributed by atoms with E-state index in [1.807, 2.05) is 6.20 Å². The van der Waals surface area contributed by atoms with E-state index in [-0.39, 0.29) is 0 Å². The topological polar surface area (TPSA) is 46.8 Å². The average molecular weight is 519 g/mol. The van der Waals surface area contributed by atoms with Crippen LogP contribution in [0.4, 0.5) is 0 Å². The van der Waals surface area contributed by atoms with Gasteiger partial charge in [-0.3, -0.25) is 0 Å². The lowest BCUT2D eigenvalue weighted by molar-refractivity contribution is 0.170. The van der Waals surface area contributed by atoms with Crippen LogP contribution in [0.1, 0.15) is 43.2 Å². The third-order valence-corrected chi connectivity index (χ3v) is 8.64. The zero-order chi connectivity index (χ0) is 19.8. The Morgan fingerprint density at radius 1 is 1.17 bits per heavy atom. The number of likely N-dealkylation sites (tertiary alicyclic amines) is 1. The predicted octanol–water partition coefficient (Wildman–Crippen LogP) is 4.95. The average Bonchev–Trinajstić information content (AvgIpc) is 3.31. The molecule has 152 valence electrons. The van der Waals surface area contributed by atoms with E-state index in [1.54, 1.807) is 18.1 Å². The Bertz CT molecular complexity index is 1030. The van der Waals surface area contributed by atoms with E-state index in [4.69, 9.17) is 4.98 Å². The molecular weight excluding hydrogens is 493 g/mol. The van der Waals surface area contributed by atoms with Gasteiger partial charge in [0.25, 0.3) is 0 Å².